The number of aromatic nitrogens is 1. The summed E-state index contributed by atoms with van der Waals surface area (Å²) in [6.45, 7) is 0. The van der Waals surface area contributed by atoms with Gasteiger partial charge >= 0.3 is 0 Å². The van der Waals surface area contributed by atoms with Crippen molar-refractivity contribution in [3.63, 3.8) is 0 Å². The lowest BCUT2D eigenvalue weighted by molar-refractivity contribution is 0.103. The SMILES string of the molecule is O=C(Nc1cccc(N2S(=O)(=O)c3ccccc3S2(=O)=O)c1)c1cncs1. The molecule has 27 heavy (non-hydrogen) atoms. The van der Waals surface area contributed by atoms with Crippen molar-refractivity contribution in [3.05, 3.63) is 65.1 Å². The van der Waals surface area contributed by atoms with Crippen LogP contribution in [0.15, 0.2) is 70.0 Å². The summed E-state index contributed by atoms with van der Waals surface area (Å²) in [6.07, 6.45) is 1.40. The topological polar surface area (TPSA) is 114 Å². The fraction of sp³-hybridized carbons (Fsp3) is 0. The molecule has 138 valence electrons. The fourth-order valence-electron chi connectivity index (χ4n) is 2.68. The highest BCUT2D eigenvalue weighted by Gasteiger charge is 2.47. The van der Waals surface area contributed by atoms with E-state index in [1.165, 1.54) is 60.2 Å². The van der Waals surface area contributed by atoms with E-state index in [2.05, 4.69) is 10.3 Å². The minimum absolute atomic E-state index is 0.0895. The second kappa shape index (κ2) is 6.15. The van der Waals surface area contributed by atoms with Crippen molar-refractivity contribution in [2.75, 3.05) is 9.03 Å². The summed E-state index contributed by atoms with van der Waals surface area (Å²) in [4.78, 5) is 15.8. The molecule has 0 unspecified atom stereocenters. The first-order valence-electron chi connectivity index (χ1n) is 7.51. The number of nitrogens with zero attached hydrogens (tertiary/aromatic N) is 2. The largest absolute Gasteiger partial charge is 0.321 e. The Kier molecular flexibility index (Phi) is 4.02. The zero-order valence-electron chi connectivity index (χ0n) is 13.4. The average Bonchev–Trinajstić information content (AvgIpc) is 3.21. The van der Waals surface area contributed by atoms with E-state index in [4.69, 9.17) is 0 Å². The van der Waals surface area contributed by atoms with Crippen molar-refractivity contribution in [3.8, 4) is 0 Å². The van der Waals surface area contributed by atoms with Crippen LogP contribution in [0.3, 0.4) is 0 Å². The highest BCUT2D eigenvalue weighted by molar-refractivity contribution is 8.12. The molecule has 0 aliphatic carbocycles. The molecule has 0 bridgehead atoms. The van der Waals surface area contributed by atoms with Crippen LogP contribution in [0.25, 0.3) is 0 Å². The van der Waals surface area contributed by atoms with Crippen molar-refractivity contribution >= 4 is 48.7 Å². The van der Waals surface area contributed by atoms with Crippen LogP contribution in [-0.2, 0) is 20.0 Å². The summed E-state index contributed by atoms with van der Waals surface area (Å²) < 4.78 is 51.5. The first kappa shape index (κ1) is 17.6. The van der Waals surface area contributed by atoms with Gasteiger partial charge in [0.1, 0.15) is 14.7 Å². The van der Waals surface area contributed by atoms with E-state index in [0.29, 0.717) is 8.59 Å². The number of carbonyl (C=O) groups excluding carboxylic acids is 1. The standard InChI is InChI=1S/C16H11N3O5S3/c20-16(13-9-17-10-25-13)18-11-4-3-5-12(8-11)19-26(21,22)14-6-1-2-7-15(14)27(19,23)24/h1-10H,(H,18,20). The third-order valence-electron chi connectivity index (χ3n) is 3.81. The number of hydrogen-bond acceptors (Lipinski definition) is 7. The molecular formula is C16H11N3O5S3. The molecule has 0 spiro atoms. The second-order valence-corrected chi connectivity index (χ2v) is 10.2. The van der Waals surface area contributed by atoms with E-state index in [-0.39, 0.29) is 21.2 Å². The number of nitrogens with one attached hydrogen (secondary N) is 1. The summed E-state index contributed by atoms with van der Waals surface area (Å²) in [5.74, 6) is -0.426. The molecule has 4 rings (SSSR count). The number of carbonyl (C=O) groups is 1. The quantitative estimate of drug-likeness (QED) is 0.694. The molecule has 1 aliphatic rings. The maximum Gasteiger partial charge on any atom is 0.279 e. The molecule has 0 atom stereocenters. The number of hydrogen-bond donors (Lipinski definition) is 1. The van der Waals surface area contributed by atoms with Crippen LogP contribution in [0.1, 0.15) is 9.67 Å². The van der Waals surface area contributed by atoms with E-state index >= 15 is 0 Å². The van der Waals surface area contributed by atoms with Crippen molar-refractivity contribution in [2.24, 2.45) is 0 Å². The minimum Gasteiger partial charge on any atom is -0.321 e. The summed E-state index contributed by atoms with van der Waals surface area (Å²) in [5.41, 5.74) is 1.67. The van der Waals surface area contributed by atoms with Gasteiger partial charge in [-0.05, 0) is 30.3 Å². The molecule has 1 aromatic heterocycles. The number of anilines is 2. The monoisotopic (exact) mass is 421 g/mol. The Morgan fingerprint density at radius 1 is 0.963 bits per heavy atom. The van der Waals surface area contributed by atoms with Crippen LogP contribution >= 0.6 is 11.3 Å². The van der Waals surface area contributed by atoms with E-state index < -0.39 is 26.0 Å². The van der Waals surface area contributed by atoms with Crippen molar-refractivity contribution in [1.82, 2.24) is 4.98 Å². The molecular weight excluding hydrogens is 410 g/mol. The fourth-order valence-corrected chi connectivity index (χ4v) is 7.63. The van der Waals surface area contributed by atoms with Gasteiger partial charge in [-0.3, -0.25) is 9.78 Å². The van der Waals surface area contributed by atoms with Crippen molar-refractivity contribution in [1.29, 1.82) is 0 Å². The predicted molar refractivity (Wildman–Crippen MR) is 99.8 cm³/mol. The Balaban J connectivity index is 1.76. The minimum atomic E-state index is -4.27. The zero-order chi connectivity index (χ0) is 19.2. The van der Waals surface area contributed by atoms with E-state index in [9.17, 15) is 21.6 Å². The molecule has 3 aromatic rings. The zero-order valence-corrected chi connectivity index (χ0v) is 15.9. The third-order valence-corrected chi connectivity index (χ3v) is 9.01. The highest BCUT2D eigenvalue weighted by Crippen LogP contribution is 2.40. The Bertz CT molecular complexity index is 1200. The molecule has 8 nitrogen and oxygen atoms in total. The van der Waals surface area contributed by atoms with Gasteiger partial charge < -0.3 is 5.32 Å². The molecule has 0 saturated carbocycles. The van der Waals surface area contributed by atoms with Gasteiger partial charge in [-0.2, -0.15) is 20.5 Å². The summed E-state index contributed by atoms with van der Waals surface area (Å²) in [7, 11) is -8.54. The second-order valence-electron chi connectivity index (χ2n) is 5.52. The molecule has 1 aliphatic heterocycles. The van der Waals surface area contributed by atoms with E-state index in [0.717, 1.165) is 11.3 Å². The molecule has 2 heterocycles. The van der Waals surface area contributed by atoms with E-state index in [1.807, 2.05) is 0 Å². The smallest absolute Gasteiger partial charge is 0.279 e. The van der Waals surface area contributed by atoms with Crippen LogP contribution in [0, 0.1) is 0 Å². The number of thiazole rings is 1. The van der Waals surface area contributed by atoms with Crippen LogP contribution in [0.2, 0.25) is 0 Å². The summed E-state index contributed by atoms with van der Waals surface area (Å²) >= 11 is 1.15. The molecule has 2 aromatic carbocycles. The van der Waals surface area contributed by atoms with Gasteiger partial charge in [-0.25, -0.2) is 0 Å². The maximum atomic E-state index is 12.8. The Morgan fingerprint density at radius 3 is 2.22 bits per heavy atom. The number of rotatable bonds is 3. The van der Waals surface area contributed by atoms with Gasteiger partial charge in [-0.1, -0.05) is 18.2 Å². The number of amides is 1. The normalized spacial score (nSPS) is 16.7. The first-order valence-corrected chi connectivity index (χ1v) is 11.3. The average molecular weight is 421 g/mol. The molecule has 1 amide bonds. The Morgan fingerprint density at radius 2 is 1.63 bits per heavy atom. The summed E-state index contributed by atoms with van der Waals surface area (Å²) in [5, 5.41) is 2.60. The number of sulfonamides is 2. The molecule has 0 fully saturated rings. The van der Waals surface area contributed by atoms with Gasteiger partial charge in [0, 0.05) is 5.69 Å². The van der Waals surface area contributed by atoms with Crippen molar-refractivity contribution < 1.29 is 21.6 Å². The predicted octanol–water partition coefficient (Wildman–Crippen LogP) is 2.29. The maximum absolute atomic E-state index is 12.8. The van der Waals surface area contributed by atoms with Gasteiger partial charge in [0.05, 0.1) is 17.4 Å². The Labute approximate surface area is 159 Å². The van der Waals surface area contributed by atoms with Crippen LogP contribution in [0.5, 0.6) is 0 Å². The molecule has 0 radical (unpaired) electrons. The van der Waals surface area contributed by atoms with Crippen LogP contribution in [0.4, 0.5) is 11.4 Å². The van der Waals surface area contributed by atoms with Gasteiger partial charge in [-0.15, -0.1) is 11.3 Å². The lowest BCUT2D eigenvalue weighted by atomic mass is 10.3. The number of benzene rings is 2. The Hall–Kier alpha value is -2.76. The molecule has 1 N–H and O–H groups in total. The molecule has 0 saturated heterocycles. The summed E-state index contributed by atoms with van der Waals surface area (Å²) in [6, 6.07) is 11.1. The van der Waals surface area contributed by atoms with Gasteiger partial charge in [0.25, 0.3) is 26.0 Å². The van der Waals surface area contributed by atoms with Crippen LogP contribution in [-0.4, -0.2) is 27.7 Å². The number of fused-ring (bicyclic) bond motifs is 1. The third kappa shape index (κ3) is 2.80. The highest BCUT2D eigenvalue weighted by atomic mass is 32.3. The molecule has 11 heteroatoms. The lowest BCUT2D eigenvalue weighted by Gasteiger charge is -2.17. The van der Waals surface area contributed by atoms with E-state index in [1.54, 1.807) is 0 Å². The van der Waals surface area contributed by atoms with Crippen LogP contribution < -0.4 is 9.03 Å². The van der Waals surface area contributed by atoms with Crippen molar-refractivity contribution in [2.45, 2.75) is 9.79 Å². The van der Waals surface area contributed by atoms with Gasteiger partial charge in [0.15, 0.2) is 0 Å². The lowest BCUT2D eigenvalue weighted by Crippen LogP contribution is -2.30. The first-order chi connectivity index (χ1) is 12.8. The van der Waals surface area contributed by atoms with Gasteiger partial charge in [0.2, 0.25) is 0 Å².